The third-order valence-corrected chi connectivity index (χ3v) is 0. The monoisotopic (exact) mass is 377 g/mol. The van der Waals surface area contributed by atoms with E-state index in [4.69, 9.17) is 0 Å². The van der Waals surface area contributed by atoms with Crippen LogP contribution < -0.4 is 88.7 Å². The van der Waals surface area contributed by atoms with Crippen molar-refractivity contribution in [3.63, 3.8) is 0 Å². The number of halogens is 3. The Bertz CT molecular complexity index is 19.0. The maximum Gasteiger partial charge on any atom is 1.00 e. The SMILES string of the molecule is Cl.Cl.Cl.[Au].[H-].[H-].[H-].[Na+].[Na+].[Na+]. The Hall–Kier alpha value is 4.61. The van der Waals surface area contributed by atoms with Gasteiger partial charge >= 0.3 is 88.7 Å². The van der Waals surface area contributed by atoms with Crippen molar-refractivity contribution in [1.29, 1.82) is 0 Å². The summed E-state index contributed by atoms with van der Waals surface area (Å²) in [7, 11) is 0. The van der Waals surface area contributed by atoms with Crippen LogP contribution in [-0.4, -0.2) is 0 Å². The fraction of sp³-hybridized carbons (Fsp3) is 0. The zero-order valence-electron chi connectivity index (χ0n) is 7.53. The van der Waals surface area contributed by atoms with Crippen LogP contribution in [0, 0.1) is 0 Å². The summed E-state index contributed by atoms with van der Waals surface area (Å²) in [6, 6.07) is 0. The molecule has 0 unspecified atom stereocenters. The van der Waals surface area contributed by atoms with Gasteiger partial charge in [-0.05, 0) is 0 Å². The predicted molar refractivity (Wildman–Crippen MR) is 25.1 cm³/mol. The van der Waals surface area contributed by atoms with E-state index in [0.29, 0.717) is 0 Å². The summed E-state index contributed by atoms with van der Waals surface area (Å²) < 4.78 is 0. The standard InChI is InChI=1S/Au.3ClH.3Na.3H/h;3*1H;;;;;;/q;;;;3*+1;3*-1. The Balaban J connectivity index is 0. The van der Waals surface area contributed by atoms with E-state index in [0.717, 1.165) is 0 Å². The van der Waals surface area contributed by atoms with Gasteiger partial charge in [-0.25, -0.2) is 0 Å². The molecule has 0 N–H and O–H groups in total. The molecule has 0 bridgehead atoms. The van der Waals surface area contributed by atoms with Crippen LogP contribution in [0.25, 0.3) is 0 Å². The Morgan fingerprint density at radius 1 is 0.571 bits per heavy atom. The molecule has 0 aromatic heterocycles. The van der Waals surface area contributed by atoms with Gasteiger partial charge in [-0.2, -0.15) is 0 Å². The molecule has 7 heteroatoms. The molecule has 1 radical (unpaired) electrons. The van der Waals surface area contributed by atoms with E-state index in [1.54, 1.807) is 0 Å². The van der Waals surface area contributed by atoms with Crippen molar-refractivity contribution in [3.05, 3.63) is 0 Å². The molecule has 0 aliphatic rings. The molecule has 0 aromatic rings. The van der Waals surface area contributed by atoms with Crippen LogP contribution in [0.2, 0.25) is 0 Å². The van der Waals surface area contributed by atoms with E-state index in [9.17, 15) is 0 Å². The summed E-state index contributed by atoms with van der Waals surface area (Å²) >= 11 is 0. The molecule has 0 amide bonds. The second kappa shape index (κ2) is 46.1. The molecule has 0 aliphatic heterocycles. The predicted octanol–water partition coefficient (Wildman–Crippen LogP) is -7.39. The molecule has 7 heavy (non-hydrogen) atoms. The van der Waals surface area contributed by atoms with Crippen LogP contribution in [0.15, 0.2) is 0 Å². The third kappa shape index (κ3) is 37.0. The molecule has 0 heterocycles. The van der Waals surface area contributed by atoms with Gasteiger partial charge in [-0.15, -0.1) is 37.2 Å². The van der Waals surface area contributed by atoms with E-state index >= 15 is 0 Å². The van der Waals surface area contributed by atoms with E-state index in [-0.39, 0.29) is 153 Å². The topological polar surface area (TPSA) is 0 Å². The molecule has 0 atom stereocenters. The molecule has 0 fully saturated rings. The van der Waals surface area contributed by atoms with Gasteiger partial charge in [0, 0.05) is 22.4 Å². The van der Waals surface area contributed by atoms with Crippen molar-refractivity contribution in [1.82, 2.24) is 0 Å². The smallest absolute Gasteiger partial charge is 1.00 e. The summed E-state index contributed by atoms with van der Waals surface area (Å²) in [6.07, 6.45) is 0. The molecule has 0 aromatic carbocycles. The van der Waals surface area contributed by atoms with Crippen LogP contribution >= 0.6 is 37.2 Å². The Morgan fingerprint density at radius 2 is 0.571 bits per heavy atom. The van der Waals surface area contributed by atoms with Gasteiger partial charge < -0.3 is 4.28 Å². The van der Waals surface area contributed by atoms with Gasteiger partial charge in [0.25, 0.3) is 0 Å². The van der Waals surface area contributed by atoms with Crippen LogP contribution in [-0.2, 0) is 22.4 Å². The largest absolute Gasteiger partial charge is 1.00 e. The minimum absolute atomic E-state index is 0. The first-order valence-electron chi connectivity index (χ1n) is 0. The Morgan fingerprint density at radius 3 is 0.571 bits per heavy atom. The molecule has 0 saturated heterocycles. The summed E-state index contributed by atoms with van der Waals surface area (Å²) in [4.78, 5) is 0. The van der Waals surface area contributed by atoms with Crippen molar-refractivity contribution in [2.75, 3.05) is 0 Å². The van der Waals surface area contributed by atoms with Crippen LogP contribution in [0.3, 0.4) is 0 Å². The zero-order valence-corrected chi connectivity index (χ0v) is 15.1. The quantitative estimate of drug-likeness (QED) is 0.368. The van der Waals surface area contributed by atoms with Gasteiger partial charge in [0.2, 0.25) is 0 Å². The minimum Gasteiger partial charge on any atom is -1.00 e. The molecule has 0 saturated carbocycles. The van der Waals surface area contributed by atoms with Gasteiger partial charge in [-0.3, -0.25) is 0 Å². The summed E-state index contributed by atoms with van der Waals surface area (Å²) in [5.74, 6) is 0. The summed E-state index contributed by atoms with van der Waals surface area (Å²) in [5, 5.41) is 0. The second-order valence-electron chi connectivity index (χ2n) is 0. The third-order valence-electron chi connectivity index (χ3n) is 0. The van der Waals surface area contributed by atoms with Crippen molar-refractivity contribution >= 4 is 37.2 Å². The number of hydrogen-bond acceptors (Lipinski definition) is 0. The van der Waals surface area contributed by atoms with E-state index in [1.807, 2.05) is 0 Å². The Labute approximate surface area is 149 Å². The summed E-state index contributed by atoms with van der Waals surface area (Å²) in [5.41, 5.74) is 0. The van der Waals surface area contributed by atoms with E-state index < -0.39 is 0 Å². The molecule has 41 valence electrons. The van der Waals surface area contributed by atoms with Crippen molar-refractivity contribution in [3.8, 4) is 0 Å². The number of hydrogen-bond donors (Lipinski definition) is 0. The van der Waals surface area contributed by atoms with Crippen LogP contribution in [0.1, 0.15) is 4.28 Å². The second-order valence-corrected chi connectivity index (χ2v) is 0. The fourth-order valence-electron chi connectivity index (χ4n) is 0. The average Bonchev–Trinajstić information content (AvgIpc) is 0. The molecular weight excluding hydrogens is 372 g/mol. The van der Waals surface area contributed by atoms with E-state index in [2.05, 4.69) is 0 Å². The minimum atomic E-state index is 0. The van der Waals surface area contributed by atoms with Crippen molar-refractivity contribution in [2.24, 2.45) is 0 Å². The molecule has 0 aliphatic carbocycles. The number of rotatable bonds is 0. The van der Waals surface area contributed by atoms with Gasteiger partial charge in [-0.1, -0.05) is 0 Å². The molecular formula is H6AuCl3Na3. The first-order chi connectivity index (χ1) is 0. The van der Waals surface area contributed by atoms with Gasteiger partial charge in [0.15, 0.2) is 0 Å². The normalized spacial score (nSPS) is 0. The molecule has 0 rings (SSSR count). The van der Waals surface area contributed by atoms with Gasteiger partial charge in [0.1, 0.15) is 0 Å². The Kier molecular flexibility index (Phi) is 405. The molecule has 0 nitrogen and oxygen atoms in total. The van der Waals surface area contributed by atoms with E-state index in [1.165, 1.54) is 0 Å². The zero-order chi connectivity index (χ0) is 0. The first-order valence-corrected chi connectivity index (χ1v) is 0. The van der Waals surface area contributed by atoms with Crippen molar-refractivity contribution < 1.29 is 115 Å². The first kappa shape index (κ1) is 61.5. The van der Waals surface area contributed by atoms with Crippen LogP contribution in [0.4, 0.5) is 0 Å². The molecule has 0 spiro atoms. The van der Waals surface area contributed by atoms with Gasteiger partial charge in [0.05, 0.1) is 0 Å². The maximum atomic E-state index is 0. The fourth-order valence-corrected chi connectivity index (χ4v) is 0. The van der Waals surface area contributed by atoms with Crippen LogP contribution in [0.5, 0.6) is 0 Å². The maximum absolute atomic E-state index is 0. The summed E-state index contributed by atoms with van der Waals surface area (Å²) in [6.45, 7) is 0. The van der Waals surface area contributed by atoms with Crippen molar-refractivity contribution in [2.45, 2.75) is 0 Å². The average molecular weight is 378 g/mol.